The Balaban J connectivity index is 1.37. The first-order valence-corrected chi connectivity index (χ1v) is 8.92. The van der Waals surface area contributed by atoms with E-state index in [2.05, 4.69) is 10.6 Å². The molecule has 0 aromatic heterocycles. The van der Waals surface area contributed by atoms with Crippen LogP contribution in [0.3, 0.4) is 0 Å². The minimum Gasteiger partial charge on any atom is -0.506 e. The Bertz CT molecular complexity index is 596. The smallest absolute Gasteiger partial charge is 0.319 e. The predicted octanol–water partition coefficient (Wildman–Crippen LogP) is 4.38. The average Bonchev–Trinajstić information content (AvgIpc) is 2.48. The molecule has 23 heavy (non-hydrogen) atoms. The topological polar surface area (TPSA) is 61.4 Å². The third-order valence-corrected chi connectivity index (χ3v) is 6.23. The van der Waals surface area contributed by atoms with Crippen molar-refractivity contribution in [2.45, 2.75) is 38.5 Å². The second-order valence-electron chi connectivity index (χ2n) is 7.89. The average molecular weight is 335 g/mol. The van der Waals surface area contributed by atoms with Gasteiger partial charge in [0.2, 0.25) is 0 Å². The van der Waals surface area contributed by atoms with Gasteiger partial charge in [0.1, 0.15) is 5.75 Å². The molecule has 4 aliphatic carbocycles. The van der Waals surface area contributed by atoms with Crippen molar-refractivity contribution >= 4 is 23.3 Å². The van der Waals surface area contributed by atoms with Crippen LogP contribution in [0.5, 0.6) is 5.75 Å². The molecule has 1 aromatic carbocycles. The lowest BCUT2D eigenvalue weighted by Crippen LogP contribution is -2.51. The summed E-state index contributed by atoms with van der Waals surface area (Å²) in [6.07, 6.45) is 8.01. The summed E-state index contributed by atoms with van der Waals surface area (Å²) in [7, 11) is 0. The van der Waals surface area contributed by atoms with E-state index in [0.29, 0.717) is 16.1 Å². The van der Waals surface area contributed by atoms with Crippen LogP contribution < -0.4 is 10.6 Å². The van der Waals surface area contributed by atoms with Gasteiger partial charge in [-0.3, -0.25) is 0 Å². The molecule has 4 fully saturated rings. The summed E-state index contributed by atoms with van der Waals surface area (Å²) in [6, 6.07) is 4.37. The normalized spacial score (nSPS) is 34.4. The molecule has 124 valence electrons. The summed E-state index contributed by atoms with van der Waals surface area (Å²) in [5.74, 6) is 2.66. The maximum atomic E-state index is 12.2. The fraction of sp³-hybridized carbons (Fsp3) is 0.611. The number of rotatable bonds is 3. The Kier molecular flexibility index (Phi) is 3.67. The molecule has 0 aliphatic heterocycles. The predicted molar refractivity (Wildman–Crippen MR) is 90.7 cm³/mol. The molecule has 4 nitrogen and oxygen atoms in total. The molecule has 4 bridgehead atoms. The second-order valence-corrected chi connectivity index (χ2v) is 8.32. The summed E-state index contributed by atoms with van der Waals surface area (Å²) in [5, 5.41) is 16.0. The number of halogens is 1. The van der Waals surface area contributed by atoms with Crippen LogP contribution in [0.25, 0.3) is 0 Å². The van der Waals surface area contributed by atoms with E-state index >= 15 is 0 Å². The number of phenols is 1. The van der Waals surface area contributed by atoms with Gasteiger partial charge in [-0.05, 0) is 79.9 Å². The molecule has 0 radical (unpaired) electrons. The first-order valence-electron chi connectivity index (χ1n) is 8.55. The maximum Gasteiger partial charge on any atom is 0.319 e. The zero-order valence-corrected chi connectivity index (χ0v) is 13.9. The van der Waals surface area contributed by atoms with Gasteiger partial charge in [0.05, 0.1) is 5.69 Å². The molecule has 4 saturated carbocycles. The van der Waals surface area contributed by atoms with Crippen molar-refractivity contribution in [3.05, 3.63) is 23.2 Å². The number of aromatic hydroxyl groups is 1. The molecule has 4 aliphatic rings. The number of hydrogen-bond donors (Lipinski definition) is 3. The van der Waals surface area contributed by atoms with E-state index in [1.54, 1.807) is 12.1 Å². The first kappa shape index (κ1) is 15.1. The summed E-state index contributed by atoms with van der Waals surface area (Å²) in [4.78, 5) is 12.2. The molecule has 0 spiro atoms. The lowest BCUT2D eigenvalue weighted by Gasteiger charge is -2.56. The Hall–Kier alpha value is -1.42. The molecule has 0 saturated heterocycles. The molecular weight excluding hydrogens is 312 g/mol. The van der Waals surface area contributed by atoms with Crippen molar-refractivity contribution in [3.63, 3.8) is 0 Å². The van der Waals surface area contributed by atoms with Gasteiger partial charge >= 0.3 is 6.03 Å². The number of hydrogen-bond acceptors (Lipinski definition) is 2. The van der Waals surface area contributed by atoms with Crippen molar-refractivity contribution in [1.29, 1.82) is 0 Å². The van der Waals surface area contributed by atoms with Crippen molar-refractivity contribution in [1.82, 2.24) is 5.32 Å². The molecular formula is C18H23ClN2O2. The molecule has 1 aromatic rings. The highest BCUT2D eigenvalue weighted by Crippen LogP contribution is 2.59. The van der Waals surface area contributed by atoms with Gasteiger partial charge in [0.15, 0.2) is 0 Å². The van der Waals surface area contributed by atoms with E-state index in [9.17, 15) is 9.90 Å². The van der Waals surface area contributed by atoms with Gasteiger partial charge in [0, 0.05) is 11.6 Å². The molecule has 2 amide bonds. The summed E-state index contributed by atoms with van der Waals surface area (Å²) in [5.41, 5.74) is 0.656. The van der Waals surface area contributed by atoms with Gasteiger partial charge in [-0.25, -0.2) is 4.79 Å². The fourth-order valence-electron chi connectivity index (χ4n) is 5.55. The maximum absolute atomic E-state index is 12.2. The Morgan fingerprint density at radius 2 is 1.78 bits per heavy atom. The summed E-state index contributed by atoms with van der Waals surface area (Å²) >= 11 is 5.91. The molecule has 0 heterocycles. The van der Waals surface area contributed by atoms with Crippen LogP contribution in [0.4, 0.5) is 10.5 Å². The van der Waals surface area contributed by atoms with Gasteiger partial charge in [-0.15, -0.1) is 0 Å². The Morgan fingerprint density at radius 3 is 2.39 bits per heavy atom. The minimum atomic E-state index is -0.265. The standard InChI is InChI=1S/C18H23ClN2O2/c19-14-1-2-16(22)15(6-14)21-17(23)20-10-18-7-11-3-12(8-18)5-13(4-11)9-18/h1-2,6,11-13,22H,3-5,7-10H2,(H2,20,21,23). The third kappa shape index (κ3) is 3.01. The van der Waals surface area contributed by atoms with E-state index in [1.807, 2.05) is 0 Å². The zero-order valence-electron chi connectivity index (χ0n) is 13.1. The van der Waals surface area contributed by atoms with Gasteiger partial charge in [-0.2, -0.15) is 0 Å². The number of amides is 2. The van der Waals surface area contributed by atoms with E-state index < -0.39 is 0 Å². The molecule has 0 unspecified atom stereocenters. The van der Waals surface area contributed by atoms with Crippen LogP contribution in [0.15, 0.2) is 18.2 Å². The van der Waals surface area contributed by atoms with Crippen LogP contribution in [0, 0.1) is 23.2 Å². The Morgan fingerprint density at radius 1 is 1.17 bits per heavy atom. The third-order valence-electron chi connectivity index (χ3n) is 6.00. The number of benzene rings is 1. The number of anilines is 1. The zero-order chi connectivity index (χ0) is 16.0. The van der Waals surface area contributed by atoms with Crippen LogP contribution >= 0.6 is 11.6 Å². The lowest BCUT2D eigenvalue weighted by molar-refractivity contribution is -0.0496. The van der Waals surface area contributed by atoms with Crippen molar-refractivity contribution in [2.24, 2.45) is 23.2 Å². The van der Waals surface area contributed by atoms with Crippen LogP contribution in [-0.4, -0.2) is 17.7 Å². The van der Waals surface area contributed by atoms with Crippen LogP contribution in [0.2, 0.25) is 5.02 Å². The first-order chi connectivity index (χ1) is 11.0. The monoisotopic (exact) mass is 334 g/mol. The number of carbonyl (C=O) groups excluding carboxylic acids is 1. The van der Waals surface area contributed by atoms with Gasteiger partial charge in [0.25, 0.3) is 0 Å². The SMILES string of the molecule is O=C(NCC12CC3CC(CC(C3)C1)C2)Nc1cc(Cl)ccc1O. The van der Waals surface area contributed by atoms with Gasteiger partial charge < -0.3 is 15.7 Å². The van der Waals surface area contributed by atoms with E-state index in [4.69, 9.17) is 11.6 Å². The quantitative estimate of drug-likeness (QED) is 0.718. The largest absolute Gasteiger partial charge is 0.506 e. The van der Waals surface area contributed by atoms with E-state index in [0.717, 1.165) is 24.3 Å². The molecule has 5 heteroatoms. The highest BCUT2D eigenvalue weighted by molar-refractivity contribution is 6.31. The highest BCUT2D eigenvalue weighted by atomic mass is 35.5. The number of carbonyl (C=O) groups is 1. The summed E-state index contributed by atoms with van der Waals surface area (Å²) < 4.78 is 0. The van der Waals surface area contributed by atoms with E-state index in [-0.39, 0.29) is 11.8 Å². The lowest BCUT2D eigenvalue weighted by atomic mass is 9.49. The minimum absolute atomic E-state index is 0.0272. The second kappa shape index (κ2) is 5.59. The Labute approximate surface area is 141 Å². The molecule has 5 rings (SSSR count). The molecule has 0 atom stereocenters. The fourth-order valence-corrected chi connectivity index (χ4v) is 5.72. The number of nitrogens with one attached hydrogen (secondary N) is 2. The van der Waals surface area contributed by atoms with Crippen molar-refractivity contribution in [2.75, 3.05) is 11.9 Å². The number of phenolic OH excluding ortho intramolecular Hbond substituents is 1. The van der Waals surface area contributed by atoms with Gasteiger partial charge in [-0.1, -0.05) is 11.6 Å². The number of urea groups is 1. The van der Waals surface area contributed by atoms with Crippen LogP contribution in [0.1, 0.15) is 38.5 Å². The highest BCUT2D eigenvalue weighted by Gasteiger charge is 2.50. The van der Waals surface area contributed by atoms with Crippen molar-refractivity contribution in [3.8, 4) is 5.75 Å². The van der Waals surface area contributed by atoms with Crippen LogP contribution in [-0.2, 0) is 0 Å². The van der Waals surface area contributed by atoms with Crippen molar-refractivity contribution < 1.29 is 9.90 Å². The summed E-state index contributed by atoms with van der Waals surface area (Å²) in [6.45, 7) is 0.740. The molecule has 3 N–H and O–H groups in total. The van der Waals surface area contributed by atoms with E-state index in [1.165, 1.54) is 44.6 Å².